The molecule has 1 aliphatic rings. The summed E-state index contributed by atoms with van der Waals surface area (Å²) in [6.45, 7) is 8.42. The third-order valence-electron chi connectivity index (χ3n) is 3.61. The lowest BCUT2D eigenvalue weighted by Crippen LogP contribution is -2.56. The van der Waals surface area contributed by atoms with E-state index in [0.717, 1.165) is 37.4 Å². The lowest BCUT2D eigenvalue weighted by atomic mass is 10.0. The van der Waals surface area contributed by atoms with Crippen molar-refractivity contribution < 1.29 is 4.42 Å². The Balaban J connectivity index is 1.69. The van der Waals surface area contributed by atoms with Gasteiger partial charge in [0, 0.05) is 37.3 Å². The fourth-order valence-electron chi connectivity index (χ4n) is 2.70. The van der Waals surface area contributed by atoms with Crippen molar-refractivity contribution in [3.63, 3.8) is 0 Å². The van der Waals surface area contributed by atoms with Gasteiger partial charge in [0.2, 0.25) is 5.89 Å². The first-order valence-electron chi connectivity index (χ1n) is 7.10. The van der Waals surface area contributed by atoms with Crippen molar-refractivity contribution in [2.24, 2.45) is 0 Å². The molecule has 2 heterocycles. The van der Waals surface area contributed by atoms with Gasteiger partial charge in [0.1, 0.15) is 6.26 Å². The zero-order valence-corrected chi connectivity index (χ0v) is 12.1. The van der Waals surface area contributed by atoms with Gasteiger partial charge >= 0.3 is 0 Å². The van der Waals surface area contributed by atoms with Crippen molar-refractivity contribution in [3.05, 3.63) is 42.3 Å². The van der Waals surface area contributed by atoms with E-state index < -0.39 is 0 Å². The zero-order chi connectivity index (χ0) is 14.0. The highest BCUT2D eigenvalue weighted by Gasteiger charge is 2.26. The maximum absolute atomic E-state index is 5.59. The van der Waals surface area contributed by atoms with E-state index >= 15 is 0 Å². The van der Waals surface area contributed by atoms with Gasteiger partial charge in [0.15, 0.2) is 0 Å². The summed E-state index contributed by atoms with van der Waals surface area (Å²) in [7, 11) is 0. The molecule has 1 fully saturated rings. The SMILES string of the molecule is CC1(C)CN(Cc2coc(-c3ccccc3)n2)CCN1. The molecule has 4 heteroatoms. The summed E-state index contributed by atoms with van der Waals surface area (Å²) in [4.78, 5) is 7.01. The van der Waals surface area contributed by atoms with Crippen LogP contribution in [0.4, 0.5) is 0 Å². The average molecular weight is 271 g/mol. The first kappa shape index (κ1) is 13.3. The second-order valence-corrected chi connectivity index (χ2v) is 6.03. The Morgan fingerprint density at radius 1 is 1.30 bits per heavy atom. The fraction of sp³-hybridized carbons (Fsp3) is 0.438. The molecule has 106 valence electrons. The molecule has 1 N–H and O–H groups in total. The Morgan fingerprint density at radius 3 is 2.85 bits per heavy atom. The van der Waals surface area contributed by atoms with Crippen LogP contribution in [0.25, 0.3) is 11.5 Å². The minimum absolute atomic E-state index is 0.171. The lowest BCUT2D eigenvalue weighted by Gasteiger charge is -2.38. The van der Waals surface area contributed by atoms with Gasteiger partial charge in [-0.1, -0.05) is 18.2 Å². The molecule has 0 saturated carbocycles. The molecule has 0 amide bonds. The zero-order valence-electron chi connectivity index (χ0n) is 12.1. The minimum Gasteiger partial charge on any atom is -0.444 e. The van der Waals surface area contributed by atoms with Crippen LogP contribution in [0, 0.1) is 0 Å². The van der Waals surface area contributed by atoms with Crippen LogP contribution >= 0.6 is 0 Å². The van der Waals surface area contributed by atoms with E-state index in [0.29, 0.717) is 5.89 Å². The summed E-state index contributed by atoms with van der Waals surface area (Å²) >= 11 is 0. The van der Waals surface area contributed by atoms with Gasteiger partial charge in [0.05, 0.1) is 5.69 Å². The van der Waals surface area contributed by atoms with Crippen LogP contribution in [0.5, 0.6) is 0 Å². The van der Waals surface area contributed by atoms with E-state index in [4.69, 9.17) is 4.42 Å². The number of piperazine rings is 1. The molecule has 1 aliphatic heterocycles. The number of rotatable bonds is 3. The van der Waals surface area contributed by atoms with E-state index in [1.807, 2.05) is 30.3 Å². The Hall–Kier alpha value is -1.65. The van der Waals surface area contributed by atoms with E-state index in [2.05, 4.69) is 29.0 Å². The summed E-state index contributed by atoms with van der Waals surface area (Å²) < 4.78 is 5.59. The lowest BCUT2D eigenvalue weighted by molar-refractivity contribution is 0.147. The molecule has 0 radical (unpaired) electrons. The highest BCUT2D eigenvalue weighted by Crippen LogP contribution is 2.19. The molecular weight excluding hydrogens is 250 g/mol. The van der Waals surface area contributed by atoms with Gasteiger partial charge in [0.25, 0.3) is 0 Å². The second kappa shape index (κ2) is 5.38. The molecule has 1 saturated heterocycles. The number of nitrogens with zero attached hydrogens (tertiary/aromatic N) is 2. The number of aromatic nitrogens is 1. The maximum atomic E-state index is 5.59. The van der Waals surface area contributed by atoms with Crippen LogP contribution in [0.3, 0.4) is 0 Å². The number of hydrogen-bond acceptors (Lipinski definition) is 4. The Morgan fingerprint density at radius 2 is 2.10 bits per heavy atom. The molecule has 0 unspecified atom stereocenters. The normalized spacial score (nSPS) is 19.1. The van der Waals surface area contributed by atoms with E-state index in [9.17, 15) is 0 Å². The molecule has 1 aromatic heterocycles. The summed E-state index contributed by atoms with van der Waals surface area (Å²) in [5.41, 5.74) is 2.20. The summed E-state index contributed by atoms with van der Waals surface area (Å²) in [6, 6.07) is 10.0. The van der Waals surface area contributed by atoms with Crippen molar-refractivity contribution in [2.75, 3.05) is 19.6 Å². The van der Waals surface area contributed by atoms with Crippen LogP contribution in [0.15, 0.2) is 41.0 Å². The molecule has 0 bridgehead atoms. The van der Waals surface area contributed by atoms with Crippen molar-refractivity contribution in [2.45, 2.75) is 25.9 Å². The minimum atomic E-state index is 0.171. The Bertz CT molecular complexity index is 562. The van der Waals surface area contributed by atoms with E-state index in [1.54, 1.807) is 6.26 Å². The molecule has 0 atom stereocenters. The quantitative estimate of drug-likeness (QED) is 0.931. The standard InChI is InChI=1S/C16H21N3O/c1-16(2)12-19(9-8-17-16)10-14-11-20-15(18-14)13-6-4-3-5-7-13/h3-7,11,17H,8-10,12H2,1-2H3. The molecule has 0 spiro atoms. The summed E-state index contributed by atoms with van der Waals surface area (Å²) in [5, 5.41) is 3.52. The topological polar surface area (TPSA) is 41.3 Å². The number of benzene rings is 1. The molecular formula is C16H21N3O. The number of hydrogen-bond donors (Lipinski definition) is 1. The summed E-state index contributed by atoms with van der Waals surface area (Å²) in [5.74, 6) is 0.704. The Labute approximate surface area is 119 Å². The van der Waals surface area contributed by atoms with Crippen LogP contribution in [0.2, 0.25) is 0 Å². The predicted octanol–water partition coefficient (Wildman–Crippen LogP) is 2.53. The smallest absolute Gasteiger partial charge is 0.226 e. The van der Waals surface area contributed by atoms with Gasteiger partial charge in [-0.15, -0.1) is 0 Å². The Kier molecular flexibility index (Phi) is 3.59. The van der Waals surface area contributed by atoms with Crippen LogP contribution in [-0.2, 0) is 6.54 Å². The fourth-order valence-corrected chi connectivity index (χ4v) is 2.70. The molecule has 2 aromatic rings. The van der Waals surface area contributed by atoms with Crippen molar-refractivity contribution in [1.82, 2.24) is 15.2 Å². The van der Waals surface area contributed by atoms with Crippen LogP contribution < -0.4 is 5.32 Å². The number of nitrogens with one attached hydrogen (secondary N) is 1. The van der Waals surface area contributed by atoms with Crippen LogP contribution in [-0.4, -0.2) is 35.1 Å². The number of oxazole rings is 1. The van der Waals surface area contributed by atoms with E-state index in [-0.39, 0.29) is 5.54 Å². The van der Waals surface area contributed by atoms with Crippen molar-refractivity contribution >= 4 is 0 Å². The van der Waals surface area contributed by atoms with Gasteiger partial charge < -0.3 is 9.73 Å². The largest absolute Gasteiger partial charge is 0.444 e. The molecule has 20 heavy (non-hydrogen) atoms. The highest BCUT2D eigenvalue weighted by atomic mass is 16.3. The molecule has 0 aliphatic carbocycles. The average Bonchev–Trinajstić information content (AvgIpc) is 2.87. The molecule has 1 aromatic carbocycles. The van der Waals surface area contributed by atoms with Gasteiger partial charge in [-0.3, -0.25) is 4.90 Å². The third kappa shape index (κ3) is 3.08. The van der Waals surface area contributed by atoms with Gasteiger partial charge in [-0.2, -0.15) is 0 Å². The molecule has 3 rings (SSSR count). The van der Waals surface area contributed by atoms with Gasteiger partial charge in [-0.05, 0) is 26.0 Å². The van der Waals surface area contributed by atoms with Crippen molar-refractivity contribution in [3.8, 4) is 11.5 Å². The monoisotopic (exact) mass is 271 g/mol. The molecule has 4 nitrogen and oxygen atoms in total. The first-order chi connectivity index (χ1) is 9.62. The van der Waals surface area contributed by atoms with Gasteiger partial charge in [-0.25, -0.2) is 4.98 Å². The predicted molar refractivity (Wildman–Crippen MR) is 79.3 cm³/mol. The summed E-state index contributed by atoms with van der Waals surface area (Å²) in [6.07, 6.45) is 1.78. The highest BCUT2D eigenvalue weighted by molar-refractivity contribution is 5.52. The van der Waals surface area contributed by atoms with Crippen molar-refractivity contribution in [1.29, 1.82) is 0 Å². The first-order valence-corrected chi connectivity index (χ1v) is 7.10. The van der Waals surface area contributed by atoms with Crippen LogP contribution in [0.1, 0.15) is 19.5 Å². The maximum Gasteiger partial charge on any atom is 0.226 e. The van der Waals surface area contributed by atoms with E-state index in [1.165, 1.54) is 0 Å². The third-order valence-corrected chi connectivity index (χ3v) is 3.61. The second-order valence-electron chi connectivity index (χ2n) is 6.03.